The van der Waals surface area contributed by atoms with Gasteiger partial charge in [-0.1, -0.05) is 48.5 Å². The molecule has 3 aliphatic rings. The average molecular weight is 460 g/mol. The summed E-state index contributed by atoms with van der Waals surface area (Å²) in [6.07, 6.45) is 0.998. The lowest BCUT2D eigenvalue weighted by molar-refractivity contribution is -0.121. The van der Waals surface area contributed by atoms with Crippen LogP contribution in [0, 0.1) is 0 Å². The highest BCUT2D eigenvalue weighted by atomic mass is 16.6. The highest BCUT2D eigenvalue weighted by Crippen LogP contribution is 2.44. The first-order chi connectivity index (χ1) is 16.5. The number of carboxylic acid groups (broad SMARTS) is 1. The Morgan fingerprint density at radius 2 is 1.71 bits per heavy atom. The molecule has 6 rings (SSSR count). The Morgan fingerprint density at radius 1 is 1.06 bits per heavy atom. The van der Waals surface area contributed by atoms with Gasteiger partial charge in [-0.25, -0.2) is 9.59 Å². The Hall–Kier alpha value is -3.65. The Morgan fingerprint density at radius 3 is 2.35 bits per heavy atom. The number of carbonyl (C=O) groups is 2. The number of piperidine rings is 1. The first-order valence-corrected chi connectivity index (χ1v) is 11.6. The lowest BCUT2D eigenvalue weighted by Crippen LogP contribution is -2.52. The van der Waals surface area contributed by atoms with Crippen LogP contribution in [0.15, 0.2) is 54.6 Å². The smallest absolute Gasteiger partial charge is 0.409 e. The van der Waals surface area contributed by atoms with Crippen LogP contribution < -0.4 is 0 Å². The number of benzene rings is 2. The number of hydrogen-bond donors (Lipinski definition) is 1. The Bertz CT molecular complexity index is 1230. The largest absolute Gasteiger partial charge is 0.476 e. The molecule has 2 aliphatic heterocycles. The molecule has 8 heteroatoms. The van der Waals surface area contributed by atoms with Crippen LogP contribution in [0.5, 0.6) is 0 Å². The quantitative estimate of drug-likeness (QED) is 0.639. The lowest BCUT2D eigenvalue weighted by Gasteiger charge is -2.43. The maximum absolute atomic E-state index is 12.9. The number of nitrogens with zero attached hydrogens (tertiary/aromatic N) is 3. The molecule has 1 N–H and O–H groups in total. The maximum atomic E-state index is 12.9. The molecule has 8 nitrogen and oxygen atoms in total. The fourth-order valence-corrected chi connectivity index (χ4v) is 5.44. The summed E-state index contributed by atoms with van der Waals surface area (Å²) in [7, 11) is 0. The van der Waals surface area contributed by atoms with Gasteiger partial charge in [0.25, 0.3) is 0 Å². The van der Waals surface area contributed by atoms with E-state index < -0.39 is 11.6 Å². The minimum atomic E-state index is -1.04. The molecule has 2 aromatic carbocycles. The van der Waals surface area contributed by atoms with Gasteiger partial charge < -0.3 is 19.5 Å². The maximum Gasteiger partial charge on any atom is 0.409 e. The SMILES string of the molecule is O=C(O)c1cc2n(n1)CC1(CCN(C(=O)OCC3c4ccccc4-c4ccccc43)CC1)OC2. The van der Waals surface area contributed by atoms with Crippen molar-refractivity contribution in [3.8, 4) is 11.1 Å². The third kappa shape index (κ3) is 3.45. The van der Waals surface area contributed by atoms with Gasteiger partial charge in [0.2, 0.25) is 0 Å². The summed E-state index contributed by atoms with van der Waals surface area (Å²) in [6, 6.07) is 18.1. The molecule has 1 saturated heterocycles. The predicted octanol–water partition coefficient (Wildman–Crippen LogP) is 3.90. The highest BCUT2D eigenvalue weighted by Gasteiger charge is 2.41. The second-order valence-corrected chi connectivity index (χ2v) is 9.25. The normalized spacial score (nSPS) is 18.3. The van der Waals surface area contributed by atoms with Crippen molar-refractivity contribution < 1.29 is 24.2 Å². The van der Waals surface area contributed by atoms with E-state index in [1.54, 1.807) is 15.6 Å². The average Bonchev–Trinajstić information content (AvgIpc) is 3.42. The lowest BCUT2D eigenvalue weighted by atomic mass is 9.90. The molecular formula is C26H25N3O5. The van der Waals surface area contributed by atoms with Crippen LogP contribution in [0.3, 0.4) is 0 Å². The molecule has 0 saturated carbocycles. The molecule has 0 unspecified atom stereocenters. The van der Waals surface area contributed by atoms with Gasteiger partial charge in [0.1, 0.15) is 6.61 Å². The van der Waals surface area contributed by atoms with E-state index >= 15 is 0 Å². The number of aromatic nitrogens is 2. The van der Waals surface area contributed by atoms with E-state index in [1.807, 2.05) is 24.3 Å². The number of ether oxygens (including phenoxy) is 2. The highest BCUT2D eigenvalue weighted by molar-refractivity contribution is 5.85. The summed E-state index contributed by atoms with van der Waals surface area (Å²) in [6.45, 7) is 2.18. The van der Waals surface area contributed by atoms with E-state index in [0.29, 0.717) is 45.7 Å². The Kier molecular flexibility index (Phi) is 4.91. The number of fused-ring (bicyclic) bond motifs is 4. The second kappa shape index (κ2) is 7.99. The first-order valence-electron chi connectivity index (χ1n) is 11.6. The van der Waals surface area contributed by atoms with E-state index in [4.69, 9.17) is 9.47 Å². The molecule has 3 aromatic rings. The molecule has 1 fully saturated rings. The zero-order valence-electron chi connectivity index (χ0n) is 18.6. The van der Waals surface area contributed by atoms with Gasteiger partial charge in [0.05, 0.1) is 24.4 Å². The molecule has 0 radical (unpaired) electrons. The minimum Gasteiger partial charge on any atom is -0.476 e. The molecule has 174 valence electrons. The van der Waals surface area contributed by atoms with Crippen LogP contribution in [0.2, 0.25) is 0 Å². The predicted molar refractivity (Wildman–Crippen MR) is 123 cm³/mol. The number of carbonyl (C=O) groups excluding carboxylic acids is 1. The zero-order valence-corrected chi connectivity index (χ0v) is 18.6. The van der Waals surface area contributed by atoms with Gasteiger partial charge in [0.15, 0.2) is 5.69 Å². The molecule has 1 amide bonds. The fraction of sp³-hybridized carbons (Fsp3) is 0.346. The van der Waals surface area contributed by atoms with Gasteiger partial charge in [-0.15, -0.1) is 0 Å². The number of hydrogen-bond acceptors (Lipinski definition) is 5. The monoisotopic (exact) mass is 459 g/mol. The first kappa shape index (κ1) is 20.9. The van der Waals surface area contributed by atoms with Crippen molar-refractivity contribution in [2.45, 2.75) is 37.5 Å². The summed E-state index contributed by atoms with van der Waals surface area (Å²) in [5.41, 5.74) is 5.17. The number of likely N-dealkylation sites (tertiary alicyclic amines) is 1. The summed E-state index contributed by atoms with van der Waals surface area (Å²) in [4.78, 5) is 25.9. The molecular weight excluding hydrogens is 434 g/mol. The van der Waals surface area contributed by atoms with Crippen molar-refractivity contribution in [2.24, 2.45) is 0 Å². The molecule has 34 heavy (non-hydrogen) atoms. The van der Waals surface area contributed by atoms with E-state index in [1.165, 1.54) is 22.3 Å². The molecule has 1 aliphatic carbocycles. The second-order valence-electron chi connectivity index (χ2n) is 9.25. The molecule has 0 atom stereocenters. The number of rotatable bonds is 3. The van der Waals surface area contributed by atoms with Crippen LogP contribution in [0.25, 0.3) is 11.1 Å². The Balaban J connectivity index is 1.09. The van der Waals surface area contributed by atoms with Gasteiger partial charge in [-0.2, -0.15) is 5.10 Å². The summed E-state index contributed by atoms with van der Waals surface area (Å²) >= 11 is 0. The van der Waals surface area contributed by atoms with Crippen molar-refractivity contribution in [1.82, 2.24) is 14.7 Å². The summed E-state index contributed by atoms with van der Waals surface area (Å²) < 4.78 is 13.7. The number of amides is 1. The summed E-state index contributed by atoms with van der Waals surface area (Å²) in [5.74, 6) is -1.00. The van der Waals surface area contributed by atoms with Crippen molar-refractivity contribution in [2.75, 3.05) is 19.7 Å². The van der Waals surface area contributed by atoms with Crippen LogP contribution in [-0.2, 0) is 22.6 Å². The van der Waals surface area contributed by atoms with Crippen LogP contribution >= 0.6 is 0 Å². The van der Waals surface area contributed by atoms with Crippen LogP contribution in [0.4, 0.5) is 4.79 Å². The van der Waals surface area contributed by atoms with Crippen molar-refractivity contribution in [3.05, 3.63) is 77.1 Å². The van der Waals surface area contributed by atoms with Gasteiger partial charge >= 0.3 is 12.1 Å². The number of aromatic carboxylic acids is 1. The molecule has 0 bridgehead atoms. The van der Waals surface area contributed by atoms with E-state index in [-0.39, 0.29) is 17.7 Å². The third-order valence-electron chi connectivity index (χ3n) is 7.32. The van der Waals surface area contributed by atoms with E-state index in [0.717, 1.165) is 5.69 Å². The van der Waals surface area contributed by atoms with Gasteiger partial charge in [-0.3, -0.25) is 4.68 Å². The van der Waals surface area contributed by atoms with E-state index in [9.17, 15) is 14.7 Å². The molecule has 1 aromatic heterocycles. The Labute approximate surface area is 196 Å². The third-order valence-corrected chi connectivity index (χ3v) is 7.32. The zero-order chi connectivity index (χ0) is 23.3. The van der Waals surface area contributed by atoms with Gasteiger partial charge in [0, 0.05) is 19.0 Å². The van der Waals surface area contributed by atoms with E-state index in [2.05, 4.69) is 29.4 Å². The van der Waals surface area contributed by atoms with Crippen LogP contribution in [0.1, 0.15) is 46.1 Å². The van der Waals surface area contributed by atoms with Crippen molar-refractivity contribution >= 4 is 12.1 Å². The van der Waals surface area contributed by atoms with Gasteiger partial charge in [-0.05, 0) is 41.2 Å². The number of carboxylic acids is 1. The molecule has 3 heterocycles. The fourth-order valence-electron chi connectivity index (χ4n) is 5.44. The molecule has 1 spiro atoms. The van der Waals surface area contributed by atoms with Crippen LogP contribution in [-0.4, -0.2) is 57.1 Å². The van der Waals surface area contributed by atoms with Crippen molar-refractivity contribution in [3.63, 3.8) is 0 Å². The minimum absolute atomic E-state index is 0.0340. The van der Waals surface area contributed by atoms with Crippen molar-refractivity contribution in [1.29, 1.82) is 0 Å². The summed E-state index contributed by atoms with van der Waals surface area (Å²) in [5, 5.41) is 13.4. The topological polar surface area (TPSA) is 93.9 Å². The standard InChI is InChI=1S/C26H25N3O5/c30-24(31)23-13-17-14-34-26(16-29(17)27-23)9-11-28(12-10-26)25(32)33-15-22-20-7-3-1-5-18(20)19-6-2-4-8-21(19)22/h1-8,13,22H,9-12,14-16H2,(H,30,31).